The van der Waals surface area contributed by atoms with Crippen molar-refractivity contribution in [3.63, 3.8) is 0 Å². The lowest BCUT2D eigenvalue weighted by atomic mass is 10.0. The third kappa shape index (κ3) is 5.40. The Kier molecular flexibility index (Phi) is 7.18. The number of likely N-dealkylation sites (N-methyl/N-ethyl adjacent to an activating group) is 1. The minimum absolute atomic E-state index is 0.00982. The number of aromatic nitrogens is 2. The van der Waals surface area contributed by atoms with Gasteiger partial charge in [0.15, 0.2) is 0 Å². The molecule has 0 saturated carbocycles. The van der Waals surface area contributed by atoms with Crippen LogP contribution in [0.5, 0.6) is 0 Å². The van der Waals surface area contributed by atoms with Gasteiger partial charge in [-0.2, -0.15) is 0 Å². The number of ketones is 1. The van der Waals surface area contributed by atoms with E-state index in [9.17, 15) is 9.59 Å². The number of hydrogen-bond donors (Lipinski definition) is 1. The Morgan fingerprint density at radius 3 is 2.47 bits per heavy atom. The van der Waals surface area contributed by atoms with Crippen molar-refractivity contribution in [1.29, 1.82) is 0 Å². The van der Waals surface area contributed by atoms with Crippen LogP contribution in [0, 0.1) is 6.92 Å². The molecule has 176 valence electrons. The monoisotopic (exact) mass is 459 g/mol. The lowest BCUT2D eigenvalue weighted by molar-refractivity contribution is 0.0522. The minimum Gasteiger partial charge on any atom is -0.462 e. The number of hydrogen-bond acceptors (Lipinski definition) is 8. The highest BCUT2D eigenvalue weighted by Crippen LogP contribution is 2.22. The Morgan fingerprint density at radius 2 is 1.79 bits per heavy atom. The predicted molar refractivity (Wildman–Crippen MR) is 132 cm³/mol. The van der Waals surface area contributed by atoms with Crippen LogP contribution in [0.3, 0.4) is 0 Å². The van der Waals surface area contributed by atoms with Crippen molar-refractivity contribution in [2.45, 2.75) is 13.8 Å². The molecule has 1 aromatic heterocycles. The molecular weight excluding hydrogens is 430 g/mol. The van der Waals surface area contributed by atoms with E-state index < -0.39 is 5.97 Å². The smallest absolute Gasteiger partial charge is 0.342 e. The molecule has 1 fully saturated rings. The van der Waals surface area contributed by atoms with Crippen LogP contribution in [-0.2, 0) is 4.74 Å². The molecule has 0 unspecified atom stereocenters. The first kappa shape index (κ1) is 23.4. The van der Waals surface area contributed by atoms with Crippen LogP contribution in [0.2, 0.25) is 0 Å². The van der Waals surface area contributed by atoms with Gasteiger partial charge in [0.05, 0.1) is 6.61 Å². The number of esters is 1. The summed E-state index contributed by atoms with van der Waals surface area (Å²) in [5, 5.41) is 3.14. The highest BCUT2D eigenvalue weighted by molar-refractivity contribution is 6.13. The fraction of sp³-hybridized carbons (Fsp3) is 0.308. The molecule has 0 bridgehead atoms. The van der Waals surface area contributed by atoms with Crippen LogP contribution < -0.4 is 10.2 Å². The fourth-order valence-corrected chi connectivity index (χ4v) is 3.85. The molecule has 1 aliphatic rings. The number of anilines is 3. The maximum atomic E-state index is 13.2. The summed E-state index contributed by atoms with van der Waals surface area (Å²) >= 11 is 0. The first-order valence-corrected chi connectivity index (χ1v) is 11.4. The zero-order valence-corrected chi connectivity index (χ0v) is 19.7. The molecule has 34 heavy (non-hydrogen) atoms. The Labute approximate surface area is 199 Å². The Bertz CT molecular complexity index is 1170. The van der Waals surface area contributed by atoms with Gasteiger partial charge < -0.3 is 19.9 Å². The molecule has 0 aliphatic carbocycles. The number of rotatable bonds is 7. The summed E-state index contributed by atoms with van der Waals surface area (Å²) in [6, 6.07) is 15.2. The molecule has 4 rings (SSSR count). The number of ether oxygens (including phenoxy) is 1. The summed E-state index contributed by atoms with van der Waals surface area (Å²) in [5.74, 6) is -0.749. The highest BCUT2D eigenvalue weighted by Gasteiger charge is 2.23. The molecule has 0 atom stereocenters. The van der Waals surface area contributed by atoms with E-state index in [0.717, 1.165) is 43.1 Å². The van der Waals surface area contributed by atoms with Gasteiger partial charge in [-0.1, -0.05) is 23.8 Å². The second-order valence-electron chi connectivity index (χ2n) is 8.34. The molecule has 1 aliphatic heterocycles. The number of piperazine rings is 1. The van der Waals surface area contributed by atoms with Crippen molar-refractivity contribution in [3.8, 4) is 0 Å². The summed E-state index contributed by atoms with van der Waals surface area (Å²) < 4.78 is 5.11. The molecule has 0 spiro atoms. The zero-order valence-electron chi connectivity index (χ0n) is 19.7. The van der Waals surface area contributed by atoms with Gasteiger partial charge >= 0.3 is 5.97 Å². The van der Waals surface area contributed by atoms with Gasteiger partial charge in [-0.15, -0.1) is 0 Å². The summed E-state index contributed by atoms with van der Waals surface area (Å²) in [6.07, 6.45) is 1.34. The minimum atomic E-state index is -0.624. The van der Waals surface area contributed by atoms with Crippen molar-refractivity contribution in [1.82, 2.24) is 14.9 Å². The Morgan fingerprint density at radius 1 is 1.06 bits per heavy atom. The number of carbonyl (C=O) groups excluding carboxylic acids is 2. The number of aryl methyl sites for hydroxylation is 1. The maximum absolute atomic E-state index is 13.2. The lowest BCUT2D eigenvalue weighted by Gasteiger charge is -2.34. The van der Waals surface area contributed by atoms with E-state index in [1.54, 1.807) is 25.1 Å². The molecule has 8 heteroatoms. The average molecular weight is 460 g/mol. The first-order chi connectivity index (χ1) is 16.4. The van der Waals surface area contributed by atoms with Gasteiger partial charge in [0.2, 0.25) is 11.7 Å². The highest BCUT2D eigenvalue weighted by atomic mass is 16.5. The first-order valence-electron chi connectivity index (χ1n) is 11.4. The van der Waals surface area contributed by atoms with Crippen LogP contribution in [-0.4, -0.2) is 66.5 Å². The van der Waals surface area contributed by atoms with E-state index in [-0.39, 0.29) is 29.6 Å². The van der Waals surface area contributed by atoms with Gasteiger partial charge in [0.25, 0.3) is 0 Å². The average Bonchev–Trinajstić information content (AvgIpc) is 2.85. The molecule has 0 amide bonds. The lowest BCUT2D eigenvalue weighted by Crippen LogP contribution is -2.44. The van der Waals surface area contributed by atoms with Crippen LogP contribution in [0.1, 0.15) is 38.9 Å². The summed E-state index contributed by atoms with van der Waals surface area (Å²) in [7, 11) is 2.13. The molecule has 1 saturated heterocycles. The molecule has 8 nitrogen and oxygen atoms in total. The largest absolute Gasteiger partial charge is 0.462 e. The maximum Gasteiger partial charge on any atom is 0.342 e. The SMILES string of the molecule is CCOC(=O)c1cnc(Nc2ccc(N3CCN(C)CC3)cc2)nc1C(=O)c1cccc(C)c1. The summed E-state index contributed by atoms with van der Waals surface area (Å²) in [6.45, 7) is 7.87. The predicted octanol–water partition coefficient (Wildman–Crippen LogP) is 3.69. The molecule has 2 heterocycles. The standard InChI is InChI=1S/C26H29N5O3/c1-4-34-25(33)22-17-27-26(29-23(22)24(32)19-7-5-6-18(2)16-19)28-20-8-10-21(11-9-20)31-14-12-30(3)13-15-31/h5-11,16-17H,4,12-15H2,1-3H3,(H,27,28,29). The topological polar surface area (TPSA) is 87.7 Å². The van der Waals surface area contributed by atoms with Crippen LogP contribution in [0.4, 0.5) is 17.3 Å². The number of carbonyl (C=O) groups is 2. The van der Waals surface area contributed by atoms with E-state index in [1.807, 2.05) is 25.1 Å². The van der Waals surface area contributed by atoms with E-state index in [1.165, 1.54) is 6.20 Å². The molecule has 3 aromatic rings. The summed E-state index contributed by atoms with van der Waals surface area (Å²) in [5.41, 5.74) is 3.39. The summed E-state index contributed by atoms with van der Waals surface area (Å²) in [4.78, 5) is 39.0. The Balaban J connectivity index is 1.58. The molecular formula is C26H29N5O3. The third-order valence-electron chi connectivity index (χ3n) is 5.77. The van der Waals surface area contributed by atoms with E-state index in [2.05, 4.69) is 44.3 Å². The fourth-order valence-electron chi connectivity index (χ4n) is 3.85. The van der Waals surface area contributed by atoms with E-state index in [0.29, 0.717) is 5.56 Å². The van der Waals surface area contributed by atoms with Crippen molar-refractivity contribution in [3.05, 3.63) is 77.1 Å². The van der Waals surface area contributed by atoms with Crippen LogP contribution in [0.25, 0.3) is 0 Å². The molecule has 0 radical (unpaired) electrons. The quantitative estimate of drug-likeness (QED) is 0.423. The van der Waals surface area contributed by atoms with Gasteiger partial charge in [-0.3, -0.25) is 4.79 Å². The normalized spacial score (nSPS) is 14.0. The van der Waals surface area contributed by atoms with Gasteiger partial charge in [0.1, 0.15) is 11.3 Å². The van der Waals surface area contributed by atoms with Gasteiger partial charge in [0, 0.05) is 49.3 Å². The number of nitrogens with one attached hydrogen (secondary N) is 1. The van der Waals surface area contributed by atoms with E-state index >= 15 is 0 Å². The third-order valence-corrected chi connectivity index (χ3v) is 5.77. The van der Waals surface area contributed by atoms with Gasteiger partial charge in [-0.05, 0) is 51.2 Å². The van der Waals surface area contributed by atoms with Crippen molar-refractivity contribution in [2.75, 3.05) is 50.1 Å². The molecule has 1 N–H and O–H groups in total. The van der Waals surface area contributed by atoms with Crippen molar-refractivity contribution >= 4 is 29.1 Å². The number of benzene rings is 2. The zero-order chi connectivity index (χ0) is 24.1. The van der Waals surface area contributed by atoms with E-state index in [4.69, 9.17) is 4.74 Å². The second kappa shape index (κ2) is 10.4. The molecule has 2 aromatic carbocycles. The van der Waals surface area contributed by atoms with Gasteiger partial charge in [-0.25, -0.2) is 14.8 Å². The second-order valence-corrected chi connectivity index (χ2v) is 8.34. The van der Waals surface area contributed by atoms with Crippen LogP contribution >= 0.6 is 0 Å². The van der Waals surface area contributed by atoms with Crippen molar-refractivity contribution < 1.29 is 14.3 Å². The Hall–Kier alpha value is -3.78. The van der Waals surface area contributed by atoms with Crippen LogP contribution in [0.15, 0.2) is 54.7 Å². The van der Waals surface area contributed by atoms with Crippen molar-refractivity contribution in [2.24, 2.45) is 0 Å². The number of nitrogens with zero attached hydrogens (tertiary/aromatic N) is 4.